The van der Waals surface area contributed by atoms with Gasteiger partial charge in [-0.3, -0.25) is 19.5 Å². The minimum Gasteiger partial charge on any atom is -0.348 e. The van der Waals surface area contributed by atoms with E-state index in [9.17, 15) is 9.59 Å². The Morgan fingerprint density at radius 3 is 2.67 bits per heavy atom. The van der Waals surface area contributed by atoms with Crippen LogP contribution in [-0.4, -0.2) is 78.3 Å². The van der Waals surface area contributed by atoms with Crippen LogP contribution in [0.4, 0.5) is 0 Å². The highest BCUT2D eigenvalue weighted by Gasteiger charge is 2.26. The number of pyridine rings is 1. The first kappa shape index (κ1) is 19.3. The second-order valence-corrected chi connectivity index (χ2v) is 7.55. The Bertz CT molecular complexity index is 815. The number of rotatable bonds is 4. The maximum absolute atomic E-state index is 12.2. The van der Waals surface area contributed by atoms with Gasteiger partial charge in [0.1, 0.15) is 0 Å². The van der Waals surface area contributed by atoms with Gasteiger partial charge in [-0.1, -0.05) is 24.3 Å². The fourth-order valence-electron chi connectivity index (χ4n) is 3.71. The van der Waals surface area contributed by atoms with E-state index in [1.165, 1.54) is 5.56 Å². The molecule has 2 heterocycles. The van der Waals surface area contributed by atoms with Gasteiger partial charge in [0.15, 0.2) is 0 Å². The molecule has 0 bridgehead atoms. The number of carbonyl (C=O) groups excluding carboxylic acids is 2. The predicted octanol–water partition coefficient (Wildman–Crippen LogP) is 1.65. The number of hydrogen-bond donors (Lipinski definition) is 0. The largest absolute Gasteiger partial charge is 0.348 e. The molecule has 0 N–H and O–H groups in total. The van der Waals surface area contributed by atoms with Crippen LogP contribution in [0.25, 0.3) is 10.9 Å². The van der Waals surface area contributed by atoms with Crippen LogP contribution in [0, 0.1) is 5.92 Å². The van der Waals surface area contributed by atoms with E-state index >= 15 is 0 Å². The normalized spacial score (nSPS) is 18.3. The van der Waals surface area contributed by atoms with E-state index < -0.39 is 0 Å². The van der Waals surface area contributed by atoms with E-state index in [2.05, 4.69) is 34.1 Å². The van der Waals surface area contributed by atoms with Crippen molar-refractivity contribution < 1.29 is 9.59 Å². The second kappa shape index (κ2) is 8.48. The molecule has 0 aliphatic carbocycles. The van der Waals surface area contributed by atoms with Gasteiger partial charge in [0.05, 0.1) is 12.1 Å². The van der Waals surface area contributed by atoms with Crippen molar-refractivity contribution in [1.82, 2.24) is 19.7 Å². The van der Waals surface area contributed by atoms with E-state index in [-0.39, 0.29) is 17.7 Å². The van der Waals surface area contributed by atoms with E-state index in [0.29, 0.717) is 19.6 Å². The highest BCUT2D eigenvalue weighted by atomic mass is 16.2. The molecule has 2 aromatic rings. The molecule has 0 radical (unpaired) electrons. The van der Waals surface area contributed by atoms with Crippen LogP contribution in [0.15, 0.2) is 36.5 Å². The molecule has 27 heavy (non-hydrogen) atoms. The lowest BCUT2D eigenvalue weighted by Crippen LogP contribution is -2.40. The third-order valence-electron chi connectivity index (χ3n) is 5.21. The Labute approximate surface area is 160 Å². The molecule has 0 saturated carbocycles. The van der Waals surface area contributed by atoms with Crippen LogP contribution in [0.3, 0.4) is 0 Å². The number of hydrogen-bond acceptors (Lipinski definition) is 4. The Hall–Kier alpha value is -2.47. The highest BCUT2D eigenvalue weighted by molar-refractivity contribution is 5.81. The molecule has 6 heteroatoms. The summed E-state index contributed by atoms with van der Waals surface area (Å²) in [4.78, 5) is 34.5. The lowest BCUT2D eigenvalue weighted by atomic mass is 9.96. The summed E-state index contributed by atoms with van der Waals surface area (Å²) in [6.07, 6.45) is 2.66. The number of aromatic nitrogens is 1. The van der Waals surface area contributed by atoms with Gasteiger partial charge in [0.2, 0.25) is 11.8 Å². The molecule has 0 spiro atoms. The fourth-order valence-corrected chi connectivity index (χ4v) is 3.71. The van der Waals surface area contributed by atoms with Crippen LogP contribution >= 0.6 is 0 Å². The van der Waals surface area contributed by atoms with Gasteiger partial charge in [0, 0.05) is 58.8 Å². The standard InChI is InChI=1S/C21H28N4O2/c1-16(26)25-11-10-24(15-20(27)23(2)3)13-17(14-25)12-19-7-4-6-18-8-5-9-22-21(18)19/h4-9,17H,10-15H2,1-3H3/t17-/m0/s1. The van der Waals surface area contributed by atoms with Gasteiger partial charge < -0.3 is 9.80 Å². The summed E-state index contributed by atoms with van der Waals surface area (Å²) in [5, 5.41) is 1.13. The second-order valence-electron chi connectivity index (χ2n) is 7.55. The first-order valence-electron chi connectivity index (χ1n) is 9.44. The summed E-state index contributed by atoms with van der Waals surface area (Å²) in [6, 6.07) is 10.3. The Morgan fingerprint density at radius 1 is 1.15 bits per heavy atom. The summed E-state index contributed by atoms with van der Waals surface area (Å²) < 4.78 is 0. The van der Waals surface area contributed by atoms with E-state index in [1.54, 1.807) is 25.9 Å². The topological polar surface area (TPSA) is 56.8 Å². The average molecular weight is 368 g/mol. The Kier molecular flexibility index (Phi) is 6.06. The van der Waals surface area contributed by atoms with Gasteiger partial charge in [-0.25, -0.2) is 0 Å². The van der Waals surface area contributed by atoms with Crippen LogP contribution in [0.2, 0.25) is 0 Å². The third kappa shape index (κ3) is 4.83. The molecule has 1 aliphatic heterocycles. The molecule has 144 valence electrons. The van der Waals surface area contributed by atoms with Gasteiger partial charge in [-0.2, -0.15) is 0 Å². The summed E-state index contributed by atoms with van der Waals surface area (Å²) in [7, 11) is 3.56. The van der Waals surface area contributed by atoms with Crippen LogP contribution in [0.1, 0.15) is 12.5 Å². The lowest BCUT2D eigenvalue weighted by Gasteiger charge is -2.25. The molecule has 3 rings (SSSR count). The third-order valence-corrected chi connectivity index (χ3v) is 5.21. The average Bonchev–Trinajstić information content (AvgIpc) is 2.84. The molecular formula is C21H28N4O2. The highest BCUT2D eigenvalue weighted by Crippen LogP contribution is 2.21. The van der Waals surface area contributed by atoms with Crippen molar-refractivity contribution in [3.8, 4) is 0 Å². The number of nitrogens with zero attached hydrogens (tertiary/aromatic N) is 4. The number of likely N-dealkylation sites (N-methyl/N-ethyl adjacent to an activating group) is 1. The summed E-state index contributed by atoms with van der Waals surface area (Å²) >= 11 is 0. The van der Waals surface area contributed by atoms with Gasteiger partial charge in [-0.15, -0.1) is 0 Å². The molecule has 1 fully saturated rings. The zero-order valence-corrected chi connectivity index (χ0v) is 16.4. The van der Waals surface area contributed by atoms with E-state index in [0.717, 1.165) is 30.4 Å². The molecule has 0 unspecified atom stereocenters. The van der Waals surface area contributed by atoms with Gasteiger partial charge in [0.25, 0.3) is 0 Å². The van der Waals surface area contributed by atoms with Crippen LogP contribution in [-0.2, 0) is 16.0 Å². The Morgan fingerprint density at radius 2 is 1.93 bits per heavy atom. The molecule has 2 amide bonds. The molecular weight excluding hydrogens is 340 g/mol. The maximum Gasteiger partial charge on any atom is 0.236 e. The molecule has 6 nitrogen and oxygen atoms in total. The monoisotopic (exact) mass is 368 g/mol. The van der Waals surface area contributed by atoms with Crippen molar-refractivity contribution in [2.75, 3.05) is 46.8 Å². The van der Waals surface area contributed by atoms with Crippen molar-refractivity contribution in [3.05, 3.63) is 42.1 Å². The van der Waals surface area contributed by atoms with E-state index in [1.807, 2.05) is 17.2 Å². The smallest absolute Gasteiger partial charge is 0.236 e. The first-order valence-corrected chi connectivity index (χ1v) is 9.44. The summed E-state index contributed by atoms with van der Waals surface area (Å²) in [5.41, 5.74) is 2.22. The number of benzene rings is 1. The van der Waals surface area contributed by atoms with Crippen molar-refractivity contribution in [2.24, 2.45) is 5.92 Å². The predicted molar refractivity (Wildman–Crippen MR) is 106 cm³/mol. The molecule has 1 aromatic carbocycles. The molecule has 1 aromatic heterocycles. The SMILES string of the molecule is CC(=O)N1CCN(CC(=O)N(C)C)C[C@H](Cc2cccc3cccnc23)C1. The lowest BCUT2D eigenvalue weighted by molar-refractivity contribution is -0.130. The van der Waals surface area contributed by atoms with Crippen molar-refractivity contribution in [1.29, 1.82) is 0 Å². The van der Waals surface area contributed by atoms with Crippen molar-refractivity contribution in [3.63, 3.8) is 0 Å². The number of fused-ring (bicyclic) bond motifs is 1. The fraction of sp³-hybridized carbons (Fsp3) is 0.476. The molecule has 1 saturated heterocycles. The summed E-state index contributed by atoms with van der Waals surface area (Å²) in [5.74, 6) is 0.452. The molecule has 1 aliphatic rings. The summed E-state index contributed by atoms with van der Waals surface area (Å²) in [6.45, 7) is 4.92. The van der Waals surface area contributed by atoms with Gasteiger partial charge in [-0.05, 0) is 24.0 Å². The van der Waals surface area contributed by atoms with E-state index in [4.69, 9.17) is 0 Å². The zero-order chi connectivity index (χ0) is 19.4. The minimum atomic E-state index is 0.0943. The van der Waals surface area contributed by atoms with Crippen molar-refractivity contribution >= 4 is 22.7 Å². The van der Waals surface area contributed by atoms with Crippen LogP contribution in [0.5, 0.6) is 0 Å². The van der Waals surface area contributed by atoms with Gasteiger partial charge >= 0.3 is 0 Å². The number of carbonyl (C=O) groups is 2. The van der Waals surface area contributed by atoms with Crippen molar-refractivity contribution in [2.45, 2.75) is 13.3 Å². The van der Waals surface area contributed by atoms with Crippen LogP contribution < -0.4 is 0 Å². The zero-order valence-electron chi connectivity index (χ0n) is 16.4. The maximum atomic E-state index is 12.2. The molecule has 1 atom stereocenters. The minimum absolute atomic E-state index is 0.0943. The number of para-hydroxylation sites is 1. The quantitative estimate of drug-likeness (QED) is 0.823. The Balaban J connectivity index is 1.81. The number of amides is 2. The first-order chi connectivity index (χ1) is 12.9.